The minimum Gasteiger partial charge on any atom is -0.466 e. The monoisotopic (exact) mass is 565 g/mol. The topological polar surface area (TPSA) is 114 Å². The maximum Gasteiger partial charge on any atom is 0.408 e. The van der Waals surface area contributed by atoms with Crippen LogP contribution in [-0.4, -0.2) is 65.4 Å². The van der Waals surface area contributed by atoms with Gasteiger partial charge >= 0.3 is 12.1 Å². The minimum absolute atomic E-state index is 0.0103. The molecule has 0 spiro atoms. The lowest BCUT2D eigenvalue weighted by Gasteiger charge is -2.38. The van der Waals surface area contributed by atoms with Gasteiger partial charge in [0.05, 0.1) is 13.0 Å². The number of nitrogens with zero attached hydrogens (tertiary/aromatic N) is 1. The van der Waals surface area contributed by atoms with Crippen molar-refractivity contribution in [2.45, 2.75) is 98.4 Å². The Balaban J connectivity index is 3.45. The van der Waals surface area contributed by atoms with E-state index in [1.54, 1.807) is 33.8 Å². The van der Waals surface area contributed by atoms with Gasteiger partial charge in [-0.25, -0.2) is 4.79 Å². The first-order valence-electron chi connectivity index (χ1n) is 13.6. The van der Waals surface area contributed by atoms with Gasteiger partial charge in [0.1, 0.15) is 17.7 Å². The molecule has 3 unspecified atom stereocenters. The summed E-state index contributed by atoms with van der Waals surface area (Å²) in [5.41, 5.74) is 0.807. The molecule has 0 aliphatic heterocycles. The fraction of sp³-hybridized carbons (Fsp3) is 0.655. The van der Waals surface area contributed by atoms with Crippen LogP contribution in [0.4, 0.5) is 4.79 Å². The molecular weight excluding hydrogens is 518 g/mol. The third kappa shape index (κ3) is 12.3. The van der Waals surface area contributed by atoms with Crippen molar-refractivity contribution in [3.8, 4) is 0 Å². The third-order valence-electron chi connectivity index (χ3n) is 5.88. The van der Waals surface area contributed by atoms with E-state index in [1.165, 1.54) is 4.90 Å². The summed E-state index contributed by atoms with van der Waals surface area (Å²) in [5, 5.41) is 5.44. The summed E-state index contributed by atoms with van der Waals surface area (Å²) in [5.74, 6) is -0.888. The number of benzene rings is 1. The number of carbonyl (C=O) groups is 4. The van der Waals surface area contributed by atoms with E-state index >= 15 is 0 Å². The van der Waals surface area contributed by atoms with Gasteiger partial charge in [0.15, 0.2) is 0 Å². The van der Waals surface area contributed by atoms with Crippen LogP contribution in [0.25, 0.3) is 0 Å². The molecule has 0 radical (unpaired) electrons. The molecule has 1 aromatic rings. The Bertz CT molecular complexity index is 963. The normalized spacial score (nSPS) is 13.7. The van der Waals surface area contributed by atoms with Gasteiger partial charge in [-0.3, -0.25) is 14.4 Å². The molecule has 1 aromatic carbocycles. The molecule has 0 heterocycles. The molecule has 10 heteroatoms. The van der Waals surface area contributed by atoms with Crippen LogP contribution in [0.2, 0.25) is 0 Å². The molecule has 0 fully saturated rings. The summed E-state index contributed by atoms with van der Waals surface area (Å²) in [6.45, 7) is 15.2. The first kappa shape index (κ1) is 34.3. The number of nitrogens with one attached hydrogen (secondary N) is 2. The summed E-state index contributed by atoms with van der Waals surface area (Å²) in [4.78, 5) is 53.7. The number of aryl methyl sites for hydroxylation is 1. The van der Waals surface area contributed by atoms with Crippen LogP contribution >= 0.6 is 12.6 Å². The summed E-state index contributed by atoms with van der Waals surface area (Å²) in [6.07, 6.45) is 0.751. The number of amides is 3. The van der Waals surface area contributed by atoms with Crippen molar-refractivity contribution in [3.05, 3.63) is 35.4 Å². The number of thiol groups is 1. The predicted octanol–water partition coefficient (Wildman–Crippen LogP) is 4.58. The highest BCUT2D eigenvalue weighted by atomic mass is 32.1. The predicted molar refractivity (Wildman–Crippen MR) is 156 cm³/mol. The molecular formula is C29H47N3O6S. The molecule has 2 N–H and O–H groups in total. The lowest BCUT2D eigenvalue weighted by molar-refractivity contribution is -0.145. The summed E-state index contributed by atoms with van der Waals surface area (Å²) < 4.78 is 10.3. The Morgan fingerprint density at radius 3 is 2.28 bits per heavy atom. The summed E-state index contributed by atoms with van der Waals surface area (Å²) in [6, 6.07) is 5.04. The third-order valence-corrected chi connectivity index (χ3v) is 6.25. The van der Waals surface area contributed by atoms with Crippen LogP contribution < -0.4 is 10.6 Å². The van der Waals surface area contributed by atoms with E-state index in [4.69, 9.17) is 9.47 Å². The second kappa shape index (κ2) is 16.4. The van der Waals surface area contributed by atoms with E-state index in [0.717, 1.165) is 12.0 Å². The van der Waals surface area contributed by atoms with Crippen molar-refractivity contribution >= 4 is 36.5 Å². The molecule has 0 aromatic heterocycles. The number of alkyl carbamates (subject to hydrolysis) is 1. The number of rotatable bonds is 14. The Labute approximate surface area is 239 Å². The van der Waals surface area contributed by atoms with Crippen molar-refractivity contribution in [2.24, 2.45) is 5.92 Å². The second-order valence-corrected chi connectivity index (χ2v) is 11.5. The summed E-state index contributed by atoms with van der Waals surface area (Å²) in [7, 11) is 0. The molecule has 0 saturated heterocycles. The van der Waals surface area contributed by atoms with Crippen molar-refractivity contribution in [2.75, 3.05) is 18.9 Å². The Kier molecular flexibility index (Phi) is 14.4. The average molecular weight is 566 g/mol. The molecule has 0 bridgehead atoms. The largest absolute Gasteiger partial charge is 0.466 e. The van der Waals surface area contributed by atoms with Crippen LogP contribution in [0.1, 0.15) is 84.9 Å². The van der Waals surface area contributed by atoms with Gasteiger partial charge in [-0.1, -0.05) is 43.7 Å². The average Bonchev–Trinajstić information content (AvgIpc) is 2.82. The highest BCUT2D eigenvalue weighted by Gasteiger charge is 2.38. The zero-order valence-corrected chi connectivity index (χ0v) is 25.6. The van der Waals surface area contributed by atoms with E-state index in [9.17, 15) is 19.2 Å². The van der Waals surface area contributed by atoms with E-state index < -0.39 is 41.6 Å². The number of hydrogen-bond donors (Lipinski definition) is 3. The fourth-order valence-electron chi connectivity index (χ4n) is 4.02. The van der Waals surface area contributed by atoms with Crippen LogP contribution in [0.5, 0.6) is 0 Å². The van der Waals surface area contributed by atoms with Gasteiger partial charge in [0.2, 0.25) is 11.8 Å². The van der Waals surface area contributed by atoms with E-state index in [-0.39, 0.29) is 31.4 Å². The first-order valence-corrected chi connectivity index (χ1v) is 14.3. The SMILES string of the molecule is CCOC(=O)CCNC(=O)C(c1cccc(C)c1)N(C(=O)C(CS)NC(=O)OC(C)(C)C)C(C)CCC(C)C. The minimum atomic E-state index is -1.02. The van der Waals surface area contributed by atoms with Gasteiger partial charge in [0.25, 0.3) is 0 Å². The smallest absolute Gasteiger partial charge is 0.408 e. The molecule has 220 valence electrons. The van der Waals surface area contributed by atoms with Crippen LogP contribution in [0.3, 0.4) is 0 Å². The van der Waals surface area contributed by atoms with Gasteiger partial charge in [-0.05, 0) is 65.9 Å². The molecule has 0 aliphatic rings. The number of ether oxygens (including phenoxy) is 2. The fourth-order valence-corrected chi connectivity index (χ4v) is 4.27. The van der Waals surface area contributed by atoms with E-state index in [1.807, 2.05) is 32.0 Å². The van der Waals surface area contributed by atoms with Gasteiger partial charge in [-0.2, -0.15) is 12.6 Å². The molecule has 0 aliphatic carbocycles. The van der Waals surface area contributed by atoms with Crippen LogP contribution in [0, 0.1) is 12.8 Å². The van der Waals surface area contributed by atoms with Gasteiger partial charge in [0, 0.05) is 18.3 Å². The lowest BCUT2D eigenvalue weighted by atomic mass is 9.96. The highest BCUT2D eigenvalue weighted by Crippen LogP contribution is 2.28. The molecule has 3 amide bonds. The Hall–Kier alpha value is -2.75. The maximum atomic E-state index is 14.1. The van der Waals surface area contributed by atoms with Gasteiger partial charge < -0.3 is 25.0 Å². The quantitative estimate of drug-likeness (QED) is 0.225. The zero-order valence-electron chi connectivity index (χ0n) is 24.7. The molecule has 0 saturated carbocycles. The van der Waals surface area contributed by atoms with Gasteiger partial charge in [-0.15, -0.1) is 0 Å². The van der Waals surface area contributed by atoms with E-state index in [0.29, 0.717) is 17.9 Å². The van der Waals surface area contributed by atoms with Crippen molar-refractivity contribution < 1.29 is 28.7 Å². The Morgan fingerprint density at radius 1 is 1.08 bits per heavy atom. The summed E-state index contributed by atoms with van der Waals surface area (Å²) >= 11 is 4.34. The Morgan fingerprint density at radius 2 is 1.74 bits per heavy atom. The standard InChI is InChI=1S/C29H47N3O6S/c1-9-37-24(33)15-16-30-26(34)25(22-12-10-11-20(4)17-22)32(21(5)14-13-19(2)3)27(35)23(18-39)31-28(36)38-29(6,7)8/h10-12,17,19,21,23,25,39H,9,13-16,18H2,1-8H3,(H,30,34)(H,31,36). The van der Waals surface area contributed by atoms with Crippen molar-refractivity contribution in [3.63, 3.8) is 0 Å². The van der Waals surface area contributed by atoms with Crippen molar-refractivity contribution in [1.82, 2.24) is 15.5 Å². The second-order valence-electron chi connectivity index (χ2n) is 11.1. The molecule has 1 rings (SSSR count). The van der Waals surface area contributed by atoms with Crippen LogP contribution in [0.15, 0.2) is 24.3 Å². The first-order chi connectivity index (χ1) is 18.2. The number of esters is 1. The van der Waals surface area contributed by atoms with Crippen molar-refractivity contribution in [1.29, 1.82) is 0 Å². The number of hydrogen-bond acceptors (Lipinski definition) is 7. The van der Waals surface area contributed by atoms with E-state index in [2.05, 4.69) is 37.1 Å². The zero-order chi connectivity index (χ0) is 29.8. The maximum absolute atomic E-state index is 14.1. The molecule has 39 heavy (non-hydrogen) atoms. The lowest BCUT2D eigenvalue weighted by Crippen LogP contribution is -2.56. The highest BCUT2D eigenvalue weighted by molar-refractivity contribution is 7.80. The molecule has 9 nitrogen and oxygen atoms in total. The van der Waals surface area contributed by atoms with Crippen LogP contribution in [-0.2, 0) is 23.9 Å². The number of carbonyl (C=O) groups excluding carboxylic acids is 4. The molecule has 3 atom stereocenters.